The third kappa shape index (κ3) is 5.43. The third-order valence-electron chi connectivity index (χ3n) is 9.72. The molecule has 6 atom stereocenters. The summed E-state index contributed by atoms with van der Waals surface area (Å²) in [5, 5.41) is 19.3. The molecule has 0 aliphatic carbocycles. The number of carbonyl (C=O) groups excluding carboxylic acids is 3. The van der Waals surface area contributed by atoms with Gasteiger partial charge in [0.2, 0.25) is 17.7 Å². The number of aliphatic hydroxyl groups is 1. The van der Waals surface area contributed by atoms with E-state index in [-0.39, 0.29) is 42.8 Å². The zero-order chi connectivity index (χ0) is 32.4. The monoisotopic (exact) mass is 642 g/mol. The zero-order valence-electron chi connectivity index (χ0n) is 26.3. The van der Waals surface area contributed by atoms with Crippen molar-refractivity contribution in [2.45, 2.75) is 61.4 Å². The molecule has 3 aliphatic rings. The van der Waals surface area contributed by atoms with Crippen molar-refractivity contribution in [3.8, 4) is 0 Å². The molecule has 11 heteroatoms. The molecule has 3 aliphatic heterocycles. The van der Waals surface area contributed by atoms with E-state index in [1.165, 1.54) is 0 Å². The Kier molecular flexibility index (Phi) is 9.33. The molecular weight excluding hydrogens is 600 g/mol. The van der Waals surface area contributed by atoms with Crippen LogP contribution >= 0.6 is 11.8 Å². The average Bonchev–Trinajstić information content (AvgIpc) is 3.83. The van der Waals surface area contributed by atoms with E-state index in [0.29, 0.717) is 25.9 Å². The van der Waals surface area contributed by atoms with Gasteiger partial charge in [-0.15, -0.1) is 30.0 Å². The summed E-state index contributed by atoms with van der Waals surface area (Å²) in [6, 6.07) is 15.7. The minimum Gasteiger partial charge on any atom is -0.394 e. The lowest BCUT2D eigenvalue weighted by atomic mass is 9.70. The Bertz CT molecular complexity index is 1610. The molecule has 2 unspecified atom stereocenters. The highest BCUT2D eigenvalue weighted by Gasteiger charge is 2.74. The molecule has 6 rings (SSSR count). The topological polar surface area (TPSA) is 112 Å². The molecule has 0 saturated carbocycles. The van der Waals surface area contributed by atoms with E-state index in [1.807, 2.05) is 61.5 Å². The first-order chi connectivity index (χ1) is 22.4. The zero-order valence-corrected chi connectivity index (χ0v) is 27.1. The molecule has 0 radical (unpaired) electrons. The van der Waals surface area contributed by atoms with Crippen LogP contribution in [0.4, 0.5) is 0 Å². The maximum Gasteiger partial charge on any atom is 0.248 e. The number of amides is 3. The van der Waals surface area contributed by atoms with Crippen LogP contribution in [-0.4, -0.2) is 101 Å². The Morgan fingerprint density at radius 2 is 1.80 bits per heavy atom. The van der Waals surface area contributed by atoms with Crippen LogP contribution in [0.1, 0.15) is 31.7 Å². The number of rotatable bonds is 14. The molecule has 1 aromatic heterocycles. The van der Waals surface area contributed by atoms with Gasteiger partial charge in [-0.3, -0.25) is 14.4 Å². The quantitative estimate of drug-likeness (QED) is 0.268. The van der Waals surface area contributed by atoms with Gasteiger partial charge in [-0.25, -0.2) is 4.68 Å². The molecule has 10 nitrogen and oxygen atoms in total. The molecule has 242 valence electrons. The highest BCUT2D eigenvalue weighted by Crippen LogP contribution is 2.67. The Balaban J connectivity index is 1.41. The minimum absolute atomic E-state index is 0.0483. The summed E-state index contributed by atoms with van der Waals surface area (Å²) in [5.74, 6) is -1.71. The van der Waals surface area contributed by atoms with Crippen LogP contribution in [0.15, 0.2) is 79.9 Å². The molecule has 2 aromatic carbocycles. The smallest absolute Gasteiger partial charge is 0.248 e. The average molecular weight is 643 g/mol. The molecule has 3 fully saturated rings. The minimum atomic E-state index is -0.868. The molecular formula is C35H42N6O4S. The van der Waals surface area contributed by atoms with Gasteiger partial charge in [0.1, 0.15) is 18.2 Å². The predicted octanol–water partition coefficient (Wildman–Crippen LogP) is 3.52. The Morgan fingerprint density at radius 1 is 1.09 bits per heavy atom. The Morgan fingerprint density at radius 3 is 2.52 bits per heavy atom. The number of benzene rings is 2. The molecule has 2 bridgehead atoms. The van der Waals surface area contributed by atoms with Crippen LogP contribution in [0.5, 0.6) is 0 Å². The van der Waals surface area contributed by atoms with Crippen molar-refractivity contribution in [2.24, 2.45) is 11.8 Å². The van der Waals surface area contributed by atoms with Crippen LogP contribution < -0.4 is 0 Å². The molecule has 3 saturated heterocycles. The van der Waals surface area contributed by atoms with E-state index in [2.05, 4.69) is 23.5 Å². The van der Waals surface area contributed by atoms with Gasteiger partial charge in [-0.1, -0.05) is 66.8 Å². The second kappa shape index (κ2) is 13.4. The Labute approximate surface area is 274 Å². The largest absolute Gasteiger partial charge is 0.394 e. The fraction of sp³-hybridized carbons (Fsp3) is 0.457. The third-order valence-corrected chi connectivity index (χ3v) is 11.7. The molecule has 46 heavy (non-hydrogen) atoms. The number of aromatic nitrogens is 3. The lowest BCUT2D eigenvalue weighted by Crippen LogP contribution is -2.58. The highest BCUT2D eigenvalue weighted by atomic mass is 32.2. The van der Waals surface area contributed by atoms with E-state index < -0.39 is 28.7 Å². The second-order valence-corrected chi connectivity index (χ2v) is 14.1. The van der Waals surface area contributed by atoms with E-state index in [4.69, 9.17) is 0 Å². The predicted molar refractivity (Wildman–Crippen MR) is 178 cm³/mol. The first-order valence-corrected chi connectivity index (χ1v) is 17.0. The number of fused-ring (bicyclic) bond motifs is 2. The number of likely N-dealkylation sites (tertiary alicyclic amines) is 1. The van der Waals surface area contributed by atoms with Gasteiger partial charge >= 0.3 is 0 Å². The number of carbonyl (C=O) groups is 3. The number of hydrogen-bond donors (Lipinski definition) is 1. The van der Waals surface area contributed by atoms with Gasteiger partial charge < -0.3 is 19.8 Å². The summed E-state index contributed by atoms with van der Waals surface area (Å²) in [6.07, 6.45) is 5.95. The van der Waals surface area contributed by atoms with Gasteiger partial charge in [0, 0.05) is 24.9 Å². The summed E-state index contributed by atoms with van der Waals surface area (Å²) in [7, 11) is 0. The molecule has 3 amide bonds. The normalized spacial score (nSPS) is 25.4. The van der Waals surface area contributed by atoms with E-state index in [1.54, 1.807) is 43.3 Å². The Hall–Kier alpha value is -3.96. The lowest BCUT2D eigenvalue weighted by Gasteiger charge is -2.39. The van der Waals surface area contributed by atoms with Gasteiger partial charge in [0.05, 0.1) is 34.7 Å². The maximum absolute atomic E-state index is 15.0. The second-order valence-electron chi connectivity index (χ2n) is 12.5. The maximum atomic E-state index is 15.0. The van der Waals surface area contributed by atoms with Gasteiger partial charge in [0.15, 0.2) is 0 Å². The standard InChI is InChI=1S/C35H42N6O4S/c1-4-18-38(19-5-2)32(43)29-28-16-17-35(46-28)30(29)33(44)41(25(22-42)21-24-12-8-7-9-13-24)31(35)34(45)39(20-6-3)23-40-27-15-11-10-14-26(27)36-37-40/h4,6-15,25,28-31,42H,1,3,5,16-23H2,2H3/t25-,28-,29+,30+,31?,35?/m1/s1. The van der Waals surface area contributed by atoms with Crippen molar-refractivity contribution in [3.05, 3.63) is 85.5 Å². The summed E-state index contributed by atoms with van der Waals surface area (Å²) < 4.78 is 0.892. The van der Waals surface area contributed by atoms with Gasteiger partial charge in [-0.2, -0.15) is 0 Å². The summed E-state index contributed by atoms with van der Waals surface area (Å²) in [4.78, 5) is 49.1. The summed E-state index contributed by atoms with van der Waals surface area (Å²) in [6.45, 7) is 10.8. The SMILES string of the molecule is C=CCN(Cn1nnc2ccccc21)C(=O)C1N([C@@H](CO)Cc2ccccc2)C(=O)[C@@H]2[C@@H](C(=O)N(CC=C)CCC)[C@H]3CCC12S3. The van der Waals surface area contributed by atoms with E-state index in [0.717, 1.165) is 29.4 Å². The number of thioether (sulfide) groups is 1. The van der Waals surface area contributed by atoms with E-state index >= 15 is 0 Å². The molecule has 3 aromatic rings. The first kappa shape index (κ1) is 32.0. The fourth-order valence-corrected chi connectivity index (χ4v) is 10.0. The van der Waals surface area contributed by atoms with Crippen molar-refractivity contribution in [1.82, 2.24) is 29.7 Å². The molecule has 1 N–H and O–H groups in total. The molecule has 4 heterocycles. The number of nitrogens with zero attached hydrogens (tertiary/aromatic N) is 6. The van der Waals surface area contributed by atoms with Crippen LogP contribution in [0.25, 0.3) is 11.0 Å². The van der Waals surface area contributed by atoms with Crippen molar-refractivity contribution in [3.63, 3.8) is 0 Å². The summed E-state index contributed by atoms with van der Waals surface area (Å²) in [5.41, 5.74) is 2.46. The van der Waals surface area contributed by atoms with E-state index in [9.17, 15) is 19.5 Å². The van der Waals surface area contributed by atoms with Crippen molar-refractivity contribution < 1.29 is 19.5 Å². The molecule has 1 spiro atoms. The van der Waals surface area contributed by atoms with Crippen LogP contribution in [0.3, 0.4) is 0 Å². The fourth-order valence-electron chi connectivity index (χ4n) is 7.84. The van der Waals surface area contributed by atoms with Gasteiger partial charge in [0.25, 0.3) is 0 Å². The lowest BCUT2D eigenvalue weighted by molar-refractivity contribution is -0.147. The van der Waals surface area contributed by atoms with Gasteiger partial charge in [-0.05, 0) is 43.4 Å². The van der Waals surface area contributed by atoms with Crippen molar-refractivity contribution in [2.75, 3.05) is 26.2 Å². The van der Waals surface area contributed by atoms with Crippen LogP contribution in [0.2, 0.25) is 0 Å². The highest BCUT2D eigenvalue weighted by molar-refractivity contribution is 8.02. The van der Waals surface area contributed by atoms with Crippen molar-refractivity contribution in [1.29, 1.82) is 0 Å². The number of para-hydroxylation sites is 1. The number of hydrogen-bond acceptors (Lipinski definition) is 7. The van der Waals surface area contributed by atoms with Crippen molar-refractivity contribution >= 4 is 40.5 Å². The number of aliphatic hydroxyl groups excluding tert-OH is 1. The van der Waals surface area contributed by atoms with Crippen LogP contribution in [0, 0.1) is 11.8 Å². The van der Waals surface area contributed by atoms with Crippen LogP contribution in [-0.2, 0) is 27.5 Å². The summed E-state index contributed by atoms with van der Waals surface area (Å²) >= 11 is 1.64. The first-order valence-electron chi connectivity index (χ1n) is 16.1.